The van der Waals surface area contributed by atoms with Crippen LogP contribution in [0.4, 0.5) is 0 Å². The zero-order valence-electron chi connectivity index (χ0n) is 37.5. The Hall–Kier alpha value is -5.12. The predicted octanol–water partition coefficient (Wildman–Crippen LogP) is 9.03. The molecule has 0 N–H and O–H groups in total. The van der Waals surface area contributed by atoms with Gasteiger partial charge in [0, 0.05) is 0 Å². The first kappa shape index (κ1) is 45.7. The highest BCUT2D eigenvalue weighted by atomic mass is 16.8. The minimum atomic E-state index is -1.04. The molecular weight excluding hydrogens is 849 g/mol. The molecule has 10 atom stereocenters. The molecule has 0 spiro atoms. The van der Waals surface area contributed by atoms with E-state index < -0.39 is 61.4 Å². The van der Waals surface area contributed by atoms with Crippen molar-refractivity contribution in [2.75, 3.05) is 13.2 Å². The Morgan fingerprint density at radius 2 is 0.642 bits per heavy atom. The molecule has 10 rings (SSSR count). The van der Waals surface area contributed by atoms with Gasteiger partial charge in [0.2, 0.25) is 0 Å². The van der Waals surface area contributed by atoms with Gasteiger partial charge in [-0.25, -0.2) is 0 Å². The third kappa shape index (κ3) is 11.6. The molecule has 0 aliphatic carbocycles. The van der Waals surface area contributed by atoms with Gasteiger partial charge in [0.05, 0.1) is 66.1 Å². The summed E-state index contributed by atoms with van der Waals surface area (Å²) in [5.41, 5.74) is 8.14. The van der Waals surface area contributed by atoms with Gasteiger partial charge in [-0.15, -0.1) is 0 Å². The quantitative estimate of drug-likeness (QED) is 0.105. The van der Waals surface area contributed by atoms with E-state index in [2.05, 4.69) is 24.3 Å². The summed E-state index contributed by atoms with van der Waals surface area (Å²) >= 11 is 0. The highest BCUT2D eigenvalue weighted by Gasteiger charge is 2.54. The molecule has 11 heteroatoms. The average Bonchev–Trinajstić information content (AvgIpc) is 3.37. The first-order chi connectivity index (χ1) is 33.2. The Kier molecular flexibility index (Phi) is 15.5. The van der Waals surface area contributed by atoms with E-state index in [0.29, 0.717) is 39.6 Å². The Bertz CT molecular complexity index is 2240. The van der Waals surface area contributed by atoms with Gasteiger partial charge >= 0.3 is 0 Å². The molecule has 4 aliphatic rings. The molecule has 0 radical (unpaired) electrons. The second-order valence-corrected chi connectivity index (χ2v) is 17.4. The maximum atomic E-state index is 7.23. The summed E-state index contributed by atoms with van der Waals surface area (Å²) in [7, 11) is 0. The van der Waals surface area contributed by atoms with Crippen molar-refractivity contribution in [1.82, 2.24) is 0 Å². The fraction of sp³-hybridized carbons (Fsp3) is 0.357. The number of hydrogen-bond donors (Lipinski definition) is 0. The van der Waals surface area contributed by atoms with Gasteiger partial charge < -0.3 is 52.1 Å². The van der Waals surface area contributed by atoms with Gasteiger partial charge in [0.1, 0.15) is 48.8 Å². The summed E-state index contributed by atoms with van der Waals surface area (Å²) in [5.74, 6) is 0. The summed E-state index contributed by atoms with van der Waals surface area (Å²) in [6.07, 6.45) is -7.50. The van der Waals surface area contributed by atoms with Crippen LogP contribution in [0.5, 0.6) is 0 Å². The van der Waals surface area contributed by atoms with E-state index in [1.807, 2.05) is 146 Å². The van der Waals surface area contributed by atoms with E-state index in [1.165, 1.54) is 0 Å². The van der Waals surface area contributed by atoms with E-state index >= 15 is 0 Å². The van der Waals surface area contributed by atoms with Crippen molar-refractivity contribution in [3.63, 3.8) is 0 Å². The van der Waals surface area contributed by atoms with Crippen LogP contribution in [0, 0.1) is 0 Å². The molecular formula is C56H58O11. The minimum Gasteiger partial charge on any atom is -0.374 e. The zero-order valence-corrected chi connectivity index (χ0v) is 37.5. The van der Waals surface area contributed by atoms with Crippen molar-refractivity contribution in [3.05, 3.63) is 214 Å². The second kappa shape index (κ2) is 22.8. The Labute approximate surface area is 392 Å². The predicted molar refractivity (Wildman–Crippen MR) is 248 cm³/mol. The first-order valence-electron chi connectivity index (χ1n) is 23.3. The van der Waals surface area contributed by atoms with Crippen LogP contribution in [0.15, 0.2) is 170 Å². The molecule has 0 aromatic heterocycles. The molecule has 0 unspecified atom stereocenters. The van der Waals surface area contributed by atoms with Crippen LogP contribution >= 0.6 is 0 Å². The molecule has 67 heavy (non-hydrogen) atoms. The average molecular weight is 907 g/mol. The molecule has 4 aliphatic heterocycles. The van der Waals surface area contributed by atoms with E-state index in [9.17, 15) is 0 Å². The van der Waals surface area contributed by atoms with Crippen molar-refractivity contribution in [1.29, 1.82) is 0 Å². The lowest BCUT2D eigenvalue weighted by Gasteiger charge is -2.50. The first-order valence-corrected chi connectivity index (χ1v) is 23.3. The minimum absolute atomic E-state index is 0.204. The second-order valence-electron chi connectivity index (χ2n) is 17.4. The Morgan fingerprint density at radius 3 is 0.985 bits per heavy atom. The fourth-order valence-electron chi connectivity index (χ4n) is 9.20. The van der Waals surface area contributed by atoms with Crippen molar-refractivity contribution in [2.24, 2.45) is 0 Å². The molecule has 2 saturated heterocycles. The maximum Gasteiger partial charge on any atom is 0.190 e. The number of hydrogen-bond acceptors (Lipinski definition) is 11. The van der Waals surface area contributed by atoms with Crippen molar-refractivity contribution < 1.29 is 52.1 Å². The summed E-state index contributed by atoms with van der Waals surface area (Å²) in [6, 6.07) is 56.6. The lowest BCUT2D eigenvalue weighted by Crippen LogP contribution is -2.66. The molecule has 2 fully saturated rings. The molecule has 6 aromatic carbocycles. The Balaban J connectivity index is 1.01. The topological polar surface area (TPSA) is 102 Å². The Morgan fingerprint density at radius 1 is 0.343 bits per heavy atom. The highest BCUT2D eigenvalue weighted by Crippen LogP contribution is 2.38. The number of fused-ring (bicyclic) bond motifs is 6. The monoisotopic (exact) mass is 906 g/mol. The fourth-order valence-corrected chi connectivity index (χ4v) is 9.20. The number of benzene rings is 6. The van der Waals surface area contributed by atoms with Crippen LogP contribution in [-0.2, 0) is 105 Å². The van der Waals surface area contributed by atoms with Crippen LogP contribution < -0.4 is 0 Å². The van der Waals surface area contributed by atoms with E-state index in [4.69, 9.17) is 52.1 Å². The van der Waals surface area contributed by atoms with Gasteiger partial charge in [-0.2, -0.15) is 0 Å². The van der Waals surface area contributed by atoms with Gasteiger partial charge in [0.25, 0.3) is 0 Å². The smallest absolute Gasteiger partial charge is 0.190 e. The number of rotatable bonds is 14. The van der Waals surface area contributed by atoms with E-state index in [-0.39, 0.29) is 26.4 Å². The lowest BCUT2D eigenvalue weighted by molar-refractivity contribution is -0.395. The molecule has 0 amide bonds. The van der Waals surface area contributed by atoms with Crippen LogP contribution in [0.1, 0.15) is 44.5 Å². The van der Waals surface area contributed by atoms with Crippen LogP contribution in [0.25, 0.3) is 0 Å². The maximum absolute atomic E-state index is 7.23. The van der Waals surface area contributed by atoms with Gasteiger partial charge in [-0.1, -0.05) is 170 Å². The highest BCUT2D eigenvalue weighted by molar-refractivity contribution is 5.27. The SMILES string of the molecule is c1ccc(CO[C@H]2[C@H](O[C@@H]3O[C@@H]4COCc5ccccc5CO[C@H]([C@H]3OCc3ccccc3)[C@@H]4OCc3ccccc3)O[C@@H]3COCc4ccccc4CO[C@H]2[C@@H]3OCc2ccccc2)cc1. The molecule has 11 nitrogen and oxygen atoms in total. The summed E-state index contributed by atoms with van der Waals surface area (Å²) < 4.78 is 76.0. The van der Waals surface area contributed by atoms with Gasteiger partial charge in [0.15, 0.2) is 12.6 Å². The van der Waals surface area contributed by atoms with Crippen LogP contribution in [-0.4, -0.2) is 74.6 Å². The lowest BCUT2D eigenvalue weighted by atomic mass is 9.96. The molecule has 4 bridgehead atoms. The van der Waals surface area contributed by atoms with Crippen molar-refractivity contribution in [2.45, 2.75) is 114 Å². The largest absolute Gasteiger partial charge is 0.374 e. The molecule has 0 saturated carbocycles. The van der Waals surface area contributed by atoms with E-state index in [1.54, 1.807) is 0 Å². The normalized spacial score (nSPS) is 27.5. The standard InChI is InChI=1S/C56H58O11/c1-5-17-39(18-6-1)29-59-49-47-37-57-33-43-25-13-15-27-45(43)35-63-51(49)53(61-31-41-21-9-3-10-22-41)55(65-47)67-56-54(62-32-42-23-11-4-12-24-42)52-50(60-30-40-19-7-2-8-20-40)48(66-56)38-58-34-44-26-14-16-28-46(44)36-64-52/h1-28,47-56H,29-38H2/t47-,48-,49-,50-,51+,52+,53-,54-,55+,56+/m1/s1. The summed E-state index contributed by atoms with van der Waals surface area (Å²) in [6.45, 7) is 2.92. The van der Waals surface area contributed by atoms with Gasteiger partial charge in [-0.3, -0.25) is 0 Å². The third-order valence-electron chi connectivity index (χ3n) is 12.8. The molecule has 6 aromatic rings. The third-order valence-corrected chi connectivity index (χ3v) is 12.8. The zero-order chi connectivity index (χ0) is 45.0. The van der Waals surface area contributed by atoms with E-state index in [0.717, 1.165) is 44.5 Å². The number of ether oxygens (including phenoxy) is 11. The van der Waals surface area contributed by atoms with Gasteiger partial charge in [-0.05, 0) is 44.5 Å². The van der Waals surface area contributed by atoms with Crippen molar-refractivity contribution >= 4 is 0 Å². The molecule has 348 valence electrons. The van der Waals surface area contributed by atoms with Crippen LogP contribution in [0.3, 0.4) is 0 Å². The summed E-state index contributed by atoms with van der Waals surface area (Å²) in [5, 5.41) is 0. The molecule has 4 heterocycles. The van der Waals surface area contributed by atoms with Crippen LogP contribution in [0.2, 0.25) is 0 Å². The summed E-state index contributed by atoms with van der Waals surface area (Å²) in [4.78, 5) is 0. The van der Waals surface area contributed by atoms with Crippen molar-refractivity contribution in [3.8, 4) is 0 Å².